The lowest BCUT2D eigenvalue weighted by Crippen LogP contribution is -2.26. The van der Waals surface area contributed by atoms with Gasteiger partial charge in [-0.25, -0.2) is 8.42 Å². The number of rotatable bonds is 4. The molecule has 0 bridgehead atoms. The molecule has 1 N–H and O–H groups in total. The van der Waals surface area contributed by atoms with E-state index in [0.717, 1.165) is 5.56 Å². The second-order valence-electron chi connectivity index (χ2n) is 2.58. The molecule has 0 aromatic carbocycles. The van der Waals surface area contributed by atoms with E-state index in [4.69, 9.17) is 11.6 Å². The smallest absolute Gasteiger partial charge is 0.228 e. The highest BCUT2D eigenvalue weighted by molar-refractivity contribution is 7.90. The summed E-state index contributed by atoms with van der Waals surface area (Å²) in [6.45, 7) is 0.283. The Labute approximate surface area is 81.7 Å². The summed E-state index contributed by atoms with van der Waals surface area (Å²) >= 11 is 5.28. The molecule has 0 saturated heterocycles. The predicted molar refractivity (Wildman–Crippen MR) is 49.7 cm³/mol. The molecular weight excluding hydrogens is 214 g/mol. The summed E-state index contributed by atoms with van der Waals surface area (Å²) in [4.78, 5) is 0. The monoisotopic (exact) mass is 223 g/mol. The van der Waals surface area contributed by atoms with Gasteiger partial charge in [0.15, 0.2) is 0 Å². The summed E-state index contributed by atoms with van der Waals surface area (Å²) in [6.07, 6.45) is 3.21. The number of hydrogen-bond donors (Lipinski definition) is 1. The number of nitrogens with one attached hydrogen (secondary N) is 1. The first-order valence-corrected chi connectivity index (χ1v) is 5.68. The first kappa shape index (κ1) is 10.5. The minimum Gasteiger partial charge on any atom is -0.285 e. The number of halogens is 1. The zero-order valence-corrected chi connectivity index (χ0v) is 8.64. The molecule has 1 aromatic heterocycles. The molecule has 0 unspecified atom stereocenters. The van der Waals surface area contributed by atoms with E-state index in [1.165, 1.54) is 11.4 Å². The fraction of sp³-hybridized carbons (Fsp3) is 0.500. The first-order chi connectivity index (χ1) is 6.06. The van der Waals surface area contributed by atoms with Crippen LogP contribution in [0.2, 0.25) is 0 Å². The molecular formula is C6H10ClN3O2S. The van der Waals surface area contributed by atoms with Gasteiger partial charge in [0, 0.05) is 25.4 Å². The van der Waals surface area contributed by atoms with Gasteiger partial charge >= 0.3 is 0 Å². The lowest BCUT2D eigenvalue weighted by atomic mass is 10.4. The number of alkyl halides is 1. The molecule has 0 amide bonds. The van der Waals surface area contributed by atoms with E-state index in [-0.39, 0.29) is 6.54 Å². The van der Waals surface area contributed by atoms with Gasteiger partial charge in [0.25, 0.3) is 0 Å². The van der Waals surface area contributed by atoms with Crippen molar-refractivity contribution < 1.29 is 8.42 Å². The molecule has 0 aliphatic carbocycles. The van der Waals surface area contributed by atoms with E-state index in [9.17, 15) is 8.42 Å². The largest absolute Gasteiger partial charge is 0.285 e. The maximum absolute atomic E-state index is 11.2. The van der Waals surface area contributed by atoms with Crippen molar-refractivity contribution >= 4 is 21.6 Å². The van der Waals surface area contributed by atoms with E-state index in [0.29, 0.717) is 0 Å². The highest BCUT2D eigenvalue weighted by Crippen LogP contribution is 2.06. The molecule has 1 heterocycles. The molecule has 7 heteroatoms. The van der Waals surface area contributed by atoms with Crippen LogP contribution >= 0.6 is 11.6 Å². The highest BCUT2D eigenvalue weighted by atomic mass is 35.5. The minimum atomic E-state index is -3.32. The van der Waals surface area contributed by atoms with E-state index in [2.05, 4.69) is 10.2 Å². The molecule has 0 atom stereocenters. The molecule has 0 spiro atoms. The third-order valence-electron chi connectivity index (χ3n) is 1.57. The van der Waals surface area contributed by atoms with Crippen molar-refractivity contribution in [3.05, 3.63) is 18.0 Å². The van der Waals surface area contributed by atoms with Crippen molar-refractivity contribution in [3.8, 4) is 0 Å². The molecule has 0 aliphatic heterocycles. The number of aromatic amines is 1. The van der Waals surface area contributed by atoms with Crippen molar-refractivity contribution in [2.24, 2.45) is 0 Å². The average Bonchev–Trinajstić information content (AvgIpc) is 2.57. The van der Waals surface area contributed by atoms with Crippen LogP contribution < -0.4 is 0 Å². The van der Waals surface area contributed by atoms with Crippen molar-refractivity contribution in [3.63, 3.8) is 0 Å². The fourth-order valence-corrected chi connectivity index (χ4v) is 1.82. The van der Waals surface area contributed by atoms with Gasteiger partial charge in [0.2, 0.25) is 10.0 Å². The van der Waals surface area contributed by atoms with Crippen LogP contribution in [0.5, 0.6) is 0 Å². The SMILES string of the molecule is CN(Cc1cn[nH]c1)S(=O)(=O)CCl. The van der Waals surface area contributed by atoms with E-state index in [1.54, 1.807) is 12.4 Å². The zero-order chi connectivity index (χ0) is 9.90. The van der Waals surface area contributed by atoms with Gasteiger partial charge in [-0.15, -0.1) is 11.6 Å². The van der Waals surface area contributed by atoms with Gasteiger partial charge < -0.3 is 0 Å². The molecule has 0 aliphatic rings. The Hall–Kier alpha value is -0.590. The second kappa shape index (κ2) is 4.08. The summed E-state index contributed by atoms with van der Waals surface area (Å²) < 4.78 is 23.6. The molecule has 0 saturated carbocycles. The Morgan fingerprint density at radius 1 is 1.69 bits per heavy atom. The first-order valence-electron chi connectivity index (χ1n) is 3.54. The van der Waals surface area contributed by atoms with Gasteiger partial charge in [0.1, 0.15) is 5.21 Å². The average molecular weight is 224 g/mol. The Bertz CT molecular complexity index is 348. The Balaban J connectivity index is 2.66. The van der Waals surface area contributed by atoms with Crippen LogP contribution in [0.4, 0.5) is 0 Å². The van der Waals surface area contributed by atoms with Crippen LogP contribution in [0, 0.1) is 0 Å². The molecule has 1 rings (SSSR count). The van der Waals surface area contributed by atoms with Crippen LogP contribution in [0.25, 0.3) is 0 Å². The lowest BCUT2D eigenvalue weighted by Gasteiger charge is -2.13. The molecule has 13 heavy (non-hydrogen) atoms. The van der Waals surface area contributed by atoms with E-state index < -0.39 is 15.2 Å². The Morgan fingerprint density at radius 3 is 2.85 bits per heavy atom. The third-order valence-corrected chi connectivity index (χ3v) is 3.75. The van der Waals surface area contributed by atoms with E-state index in [1.807, 2.05) is 0 Å². The van der Waals surface area contributed by atoms with Crippen LogP contribution in [-0.4, -0.2) is 35.2 Å². The van der Waals surface area contributed by atoms with Gasteiger partial charge in [-0.3, -0.25) is 5.10 Å². The van der Waals surface area contributed by atoms with Crippen molar-refractivity contribution in [1.82, 2.24) is 14.5 Å². The summed E-state index contributed by atoms with van der Waals surface area (Å²) in [7, 11) is -1.84. The van der Waals surface area contributed by atoms with E-state index >= 15 is 0 Å². The van der Waals surface area contributed by atoms with Gasteiger partial charge in [-0.1, -0.05) is 0 Å². The predicted octanol–water partition coefficient (Wildman–Crippen LogP) is 0.368. The van der Waals surface area contributed by atoms with Crippen molar-refractivity contribution in [1.29, 1.82) is 0 Å². The minimum absolute atomic E-state index is 0.283. The number of aromatic nitrogens is 2. The van der Waals surface area contributed by atoms with Gasteiger partial charge in [-0.05, 0) is 0 Å². The number of nitrogens with zero attached hydrogens (tertiary/aromatic N) is 2. The molecule has 74 valence electrons. The summed E-state index contributed by atoms with van der Waals surface area (Å²) in [5.74, 6) is 0. The highest BCUT2D eigenvalue weighted by Gasteiger charge is 2.16. The van der Waals surface area contributed by atoms with Crippen LogP contribution in [-0.2, 0) is 16.6 Å². The third kappa shape index (κ3) is 2.68. The molecule has 1 aromatic rings. The lowest BCUT2D eigenvalue weighted by molar-refractivity contribution is 0.471. The number of H-pyrrole nitrogens is 1. The standard InChI is InChI=1S/C6H10ClN3O2S/c1-10(13(11,12)5-7)4-6-2-8-9-3-6/h2-3H,4-5H2,1H3,(H,8,9). The quantitative estimate of drug-likeness (QED) is 0.750. The molecule has 5 nitrogen and oxygen atoms in total. The fourth-order valence-electron chi connectivity index (χ4n) is 0.803. The normalized spacial score (nSPS) is 12.2. The topological polar surface area (TPSA) is 66.1 Å². The molecule has 0 fully saturated rings. The van der Waals surface area contributed by atoms with Crippen LogP contribution in [0.15, 0.2) is 12.4 Å². The zero-order valence-electron chi connectivity index (χ0n) is 7.07. The second-order valence-corrected chi connectivity index (χ2v) is 5.24. The maximum Gasteiger partial charge on any atom is 0.228 e. The summed E-state index contributed by atoms with van der Waals surface area (Å²) in [6, 6.07) is 0. The Kier molecular flexibility index (Phi) is 3.29. The summed E-state index contributed by atoms with van der Waals surface area (Å²) in [5.41, 5.74) is 0.802. The van der Waals surface area contributed by atoms with Gasteiger partial charge in [0.05, 0.1) is 6.20 Å². The van der Waals surface area contributed by atoms with Crippen molar-refractivity contribution in [2.75, 3.05) is 12.3 Å². The van der Waals surface area contributed by atoms with Crippen LogP contribution in [0.3, 0.4) is 0 Å². The Morgan fingerprint density at radius 2 is 2.38 bits per heavy atom. The number of sulfonamides is 1. The van der Waals surface area contributed by atoms with Crippen molar-refractivity contribution in [2.45, 2.75) is 6.54 Å². The van der Waals surface area contributed by atoms with Crippen LogP contribution in [0.1, 0.15) is 5.56 Å². The van der Waals surface area contributed by atoms with Gasteiger partial charge in [-0.2, -0.15) is 9.40 Å². The molecule has 0 radical (unpaired) electrons. The number of hydrogen-bond acceptors (Lipinski definition) is 3. The maximum atomic E-state index is 11.2. The summed E-state index contributed by atoms with van der Waals surface area (Å²) in [5, 5.41) is 5.90.